The van der Waals surface area contributed by atoms with Gasteiger partial charge in [-0.3, -0.25) is 9.59 Å². The van der Waals surface area contributed by atoms with Gasteiger partial charge in [0, 0.05) is 13.1 Å². The van der Waals surface area contributed by atoms with Gasteiger partial charge in [0.1, 0.15) is 0 Å². The number of piperidine rings is 1. The van der Waals surface area contributed by atoms with E-state index in [4.69, 9.17) is 4.74 Å². The monoisotopic (exact) mass is 497 g/mol. The fourth-order valence-corrected chi connectivity index (χ4v) is 4.64. The lowest BCUT2D eigenvalue weighted by Gasteiger charge is -2.31. The maximum atomic E-state index is 13.2. The molecule has 4 nitrogen and oxygen atoms in total. The van der Waals surface area contributed by atoms with Crippen molar-refractivity contribution in [2.75, 3.05) is 19.7 Å². The zero-order valence-electron chi connectivity index (χ0n) is 21.2. The number of ether oxygens (including phenoxy) is 1. The van der Waals surface area contributed by atoms with E-state index in [1.54, 1.807) is 0 Å². The van der Waals surface area contributed by atoms with Gasteiger partial charge in [0.05, 0.1) is 23.7 Å². The minimum atomic E-state index is -4.58. The summed E-state index contributed by atoms with van der Waals surface area (Å²) in [6, 6.07) is 4.84. The van der Waals surface area contributed by atoms with Gasteiger partial charge in [-0.25, -0.2) is 0 Å². The Morgan fingerprint density at radius 2 is 1.37 bits per heavy atom. The molecule has 1 amide bonds. The molecular weight excluding hydrogens is 455 g/mol. The molecule has 0 atom stereocenters. The van der Waals surface area contributed by atoms with E-state index >= 15 is 0 Å². The number of alkyl halides is 3. The number of hydrogen-bond donors (Lipinski definition) is 0. The SMILES string of the molecule is CCCCCCCCCCCCCCOC(=O)C1CCN(C(=O)c2ccccc2C(F)(F)F)CC1. The first-order chi connectivity index (χ1) is 16.8. The molecule has 0 spiro atoms. The molecule has 2 rings (SSSR count). The third-order valence-electron chi connectivity index (χ3n) is 6.82. The van der Waals surface area contributed by atoms with Crippen molar-refractivity contribution in [2.45, 2.75) is 103 Å². The topological polar surface area (TPSA) is 46.6 Å². The standard InChI is InChI=1S/C28H42F3NO3/c1-2-3-4-5-6-7-8-9-10-11-12-15-22-35-27(34)23-18-20-32(21-19-23)26(33)24-16-13-14-17-25(24)28(29,30)31/h13-14,16-17,23H,2-12,15,18-22H2,1H3. The molecule has 35 heavy (non-hydrogen) atoms. The number of nitrogens with zero attached hydrogens (tertiary/aromatic N) is 1. The second-order valence-corrected chi connectivity index (χ2v) is 9.67. The van der Waals surface area contributed by atoms with Gasteiger partial charge in [0.15, 0.2) is 0 Å². The van der Waals surface area contributed by atoms with Crippen LogP contribution in [0.15, 0.2) is 24.3 Å². The molecule has 0 N–H and O–H groups in total. The second kappa shape index (κ2) is 15.8. The van der Waals surface area contributed by atoms with Gasteiger partial charge in [-0.15, -0.1) is 0 Å². The predicted molar refractivity (Wildman–Crippen MR) is 132 cm³/mol. The molecule has 0 aromatic heterocycles. The van der Waals surface area contributed by atoms with Crippen LogP contribution in [-0.2, 0) is 15.7 Å². The highest BCUT2D eigenvalue weighted by atomic mass is 19.4. The third kappa shape index (κ3) is 10.6. The van der Waals surface area contributed by atoms with E-state index in [2.05, 4.69) is 6.92 Å². The second-order valence-electron chi connectivity index (χ2n) is 9.67. The first-order valence-corrected chi connectivity index (χ1v) is 13.5. The zero-order valence-corrected chi connectivity index (χ0v) is 21.2. The molecule has 0 saturated carbocycles. The number of likely N-dealkylation sites (tertiary alicyclic amines) is 1. The minimum absolute atomic E-state index is 0.253. The summed E-state index contributed by atoms with van der Waals surface area (Å²) in [6.45, 7) is 3.16. The maximum Gasteiger partial charge on any atom is 0.417 e. The van der Waals surface area contributed by atoms with Crippen molar-refractivity contribution in [1.29, 1.82) is 0 Å². The van der Waals surface area contributed by atoms with E-state index in [9.17, 15) is 22.8 Å². The lowest BCUT2D eigenvalue weighted by Crippen LogP contribution is -2.41. The van der Waals surface area contributed by atoms with Crippen LogP contribution in [0.4, 0.5) is 13.2 Å². The van der Waals surface area contributed by atoms with Gasteiger partial charge in [-0.1, -0.05) is 89.7 Å². The highest BCUT2D eigenvalue weighted by molar-refractivity contribution is 5.96. The molecule has 0 bridgehead atoms. The van der Waals surface area contributed by atoms with Gasteiger partial charge < -0.3 is 9.64 Å². The molecule has 1 saturated heterocycles. The molecule has 1 fully saturated rings. The van der Waals surface area contributed by atoms with Crippen LogP contribution in [0.25, 0.3) is 0 Å². The van der Waals surface area contributed by atoms with Crippen LogP contribution in [0.1, 0.15) is 113 Å². The maximum absolute atomic E-state index is 13.2. The van der Waals surface area contributed by atoms with Gasteiger partial charge in [-0.05, 0) is 31.4 Å². The Morgan fingerprint density at radius 3 is 1.91 bits per heavy atom. The fourth-order valence-electron chi connectivity index (χ4n) is 4.64. The van der Waals surface area contributed by atoms with Crippen molar-refractivity contribution >= 4 is 11.9 Å². The molecule has 198 valence electrons. The summed E-state index contributed by atoms with van der Waals surface area (Å²) in [5, 5.41) is 0. The molecule has 0 aliphatic carbocycles. The number of benzene rings is 1. The summed E-state index contributed by atoms with van der Waals surface area (Å²) in [5.74, 6) is -1.19. The lowest BCUT2D eigenvalue weighted by molar-refractivity contribution is -0.150. The number of hydrogen-bond acceptors (Lipinski definition) is 3. The van der Waals surface area contributed by atoms with E-state index < -0.39 is 17.6 Å². The third-order valence-corrected chi connectivity index (χ3v) is 6.82. The highest BCUT2D eigenvalue weighted by Crippen LogP contribution is 2.33. The Hall–Kier alpha value is -2.05. The van der Waals surface area contributed by atoms with Crippen molar-refractivity contribution in [3.05, 3.63) is 35.4 Å². The smallest absolute Gasteiger partial charge is 0.417 e. The van der Waals surface area contributed by atoms with Gasteiger partial charge >= 0.3 is 12.1 Å². The van der Waals surface area contributed by atoms with Crippen LogP contribution in [0.5, 0.6) is 0 Å². The van der Waals surface area contributed by atoms with Crippen molar-refractivity contribution in [3.63, 3.8) is 0 Å². The Balaban J connectivity index is 1.56. The lowest BCUT2D eigenvalue weighted by atomic mass is 9.96. The zero-order chi connectivity index (χ0) is 25.5. The van der Waals surface area contributed by atoms with Crippen molar-refractivity contribution in [2.24, 2.45) is 5.92 Å². The Kier molecular flexibility index (Phi) is 13.2. The van der Waals surface area contributed by atoms with Crippen LogP contribution in [0, 0.1) is 5.92 Å². The summed E-state index contributed by atoms with van der Waals surface area (Å²) < 4.78 is 45.1. The Morgan fingerprint density at radius 1 is 0.857 bits per heavy atom. The van der Waals surface area contributed by atoms with E-state index in [-0.39, 0.29) is 30.5 Å². The predicted octanol–water partition coefficient (Wildman–Crippen LogP) is 7.80. The number of esters is 1. The average molecular weight is 498 g/mol. The van der Waals surface area contributed by atoms with E-state index in [1.807, 2.05) is 0 Å². The number of carbonyl (C=O) groups is 2. The number of carbonyl (C=O) groups excluding carboxylic acids is 2. The first kappa shape index (κ1) is 29.2. The molecule has 1 heterocycles. The molecule has 1 aliphatic rings. The van der Waals surface area contributed by atoms with Gasteiger partial charge in [-0.2, -0.15) is 13.2 Å². The summed E-state index contributed by atoms with van der Waals surface area (Å²) in [7, 11) is 0. The quantitative estimate of drug-likeness (QED) is 0.183. The molecule has 7 heteroatoms. The fraction of sp³-hybridized carbons (Fsp3) is 0.714. The minimum Gasteiger partial charge on any atom is -0.465 e. The average Bonchev–Trinajstić information content (AvgIpc) is 2.86. The van der Waals surface area contributed by atoms with E-state index in [0.29, 0.717) is 19.4 Å². The van der Waals surface area contributed by atoms with Crippen molar-refractivity contribution in [3.8, 4) is 0 Å². The number of amides is 1. The van der Waals surface area contributed by atoms with Gasteiger partial charge in [0.25, 0.3) is 5.91 Å². The number of halogens is 3. The van der Waals surface area contributed by atoms with Crippen LogP contribution in [-0.4, -0.2) is 36.5 Å². The Bertz CT molecular complexity index is 758. The van der Waals surface area contributed by atoms with Crippen LogP contribution in [0.3, 0.4) is 0 Å². The van der Waals surface area contributed by atoms with Gasteiger partial charge in [0.2, 0.25) is 0 Å². The summed E-state index contributed by atoms with van der Waals surface area (Å²) in [6.07, 6.45) is 11.2. The van der Waals surface area contributed by atoms with Crippen molar-refractivity contribution < 1.29 is 27.5 Å². The molecular formula is C28H42F3NO3. The largest absolute Gasteiger partial charge is 0.465 e. The van der Waals surface area contributed by atoms with Crippen LogP contribution in [0.2, 0.25) is 0 Å². The molecule has 1 aromatic rings. The molecule has 0 unspecified atom stereocenters. The molecule has 0 radical (unpaired) electrons. The summed E-state index contributed by atoms with van der Waals surface area (Å²) in [4.78, 5) is 26.4. The normalized spacial score (nSPS) is 14.8. The first-order valence-electron chi connectivity index (χ1n) is 13.5. The molecule has 1 aromatic carbocycles. The summed E-state index contributed by atoms with van der Waals surface area (Å²) in [5.41, 5.74) is -1.26. The Labute approximate surface area is 208 Å². The van der Waals surface area contributed by atoms with E-state index in [0.717, 1.165) is 25.3 Å². The number of rotatable bonds is 15. The highest BCUT2D eigenvalue weighted by Gasteiger charge is 2.37. The van der Waals surface area contributed by atoms with Crippen LogP contribution < -0.4 is 0 Å². The van der Waals surface area contributed by atoms with Crippen LogP contribution >= 0.6 is 0 Å². The number of unbranched alkanes of at least 4 members (excludes halogenated alkanes) is 11. The van der Waals surface area contributed by atoms with E-state index in [1.165, 1.54) is 80.9 Å². The molecule has 1 aliphatic heterocycles. The summed E-state index contributed by atoms with van der Waals surface area (Å²) >= 11 is 0. The van der Waals surface area contributed by atoms with Crippen molar-refractivity contribution in [1.82, 2.24) is 4.90 Å².